The fourth-order valence-electron chi connectivity index (χ4n) is 8.89. The van der Waals surface area contributed by atoms with E-state index < -0.39 is 0 Å². The molecule has 0 fully saturated rings. The summed E-state index contributed by atoms with van der Waals surface area (Å²) in [6.45, 7) is 4.41. The third kappa shape index (κ3) is 7.02. The molecule has 0 saturated carbocycles. The zero-order valence-corrected chi connectivity index (χ0v) is 34.5. The van der Waals surface area contributed by atoms with Crippen LogP contribution in [0.1, 0.15) is 16.7 Å². The maximum atomic E-state index is 4.96. The number of rotatable bonds is 8. The molecule has 0 radical (unpaired) electrons. The Hall–Kier alpha value is -8.41. The minimum Gasteiger partial charge on any atom is -0.309 e. The molecule has 0 unspecified atom stereocenters. The lowest BCUT2D eigenvalue weighted by molar-refractivity contribution is 1.06. The van der Waals surface area contributed by atoms with Gasteiger partial charge in [0, 0.05) is 44.0 Å². The Labute approximate surface area is 365 Å². The van der Waals surface area contributed by atoms with E-state index in [1.54, 1.807) is 0 Å². The van der Waals surface area contributed by atoms with Gasteiger partial charge in [-0.1, -0.05) is 176 Å². The zero-order valence-electron chi connectivity index (χ0n) is 34.5. The van der Waals surface area contributed by atoms with E-state index >= 15 is 0 Å². The minimum absolute atomic E-state index is 0.514. The lowest BCUT2D eigenvalue weighted by atomic mass is 10.0. The van der Waals surface area contributed by atoms with E-state index in [2.05, 4.69) is 197 Å². The van der Waals surface area contributed by atoms with Gasteiger partial charge in [0.2, 0.25) is 0 Å². The number of fused-ring (bicyclic) bond motifs is 6. The van der Waals surface area contributed by atoms with Crippen LogP contribution in [0.4, 0.5) is 0 Å². The number of aromatic nitrogens is 2. The highest BCUT2D eigenvalue weighted by Crippen LogP contribution is 2.38. The van der Waals surface area contributed by atoms with Crippen molar-refractivity contribution in [2.24, 2.45) is 15.0 Å². The van der Waals surface area contributed by atoms with Crippen molar-refractivity contribution in [3.05, 3.63) is 241 Å². The van der Waals surface area contributed by atoms with E-state index in [-0.39, 0.29) is 0 Å². The first-order valence-electron chi connectivity index (χ1n) is 21.2. The molecule has 0 N–H and O–H groups in total. The Morgan fingerprint density at radius 1 is 0.365 bits per heavy atom. The van der Waals surface area contributed by atoms with Crippen LogP contribution in [0.3, 0.4) is 0 Å². The molecule has 0 saturated heterocycles. The van der Waals surface area contributed by atoms with Crippen molar-refractivity contribution in [1.82, 2.24) is 9.13 Å². The fraction of sp³-hybridized carbons (Fsp3) is 0.0172. The van der Waals surface area contributed by atoms with Gasteiger partial charge in [0.15, 0.2) is 11.7 Å². The molecule has 11 aromatic rings. The standard InChI is InChI=1S/C58H41N5/c1-59-57(61-58(43-20-9-4-10-21-43)60-39-40-16-5-2-6-17-40)44-30-28-42(29-31-44)46-32-35-55-52(37-46)50-25-12-14-27-54(50)62(55)48-33-34-51-49-24-11-13-26-53(49)63(56(51)38-48)47-23-15-22-45(36-47)41-18-7-3-8-19-41/h2-38H,1,39H2. The summed E-state index contributed by atoms with van der Waals surface area (Å²) in [5, 5.41) is 4.86. The van der Waals surface area contributed by atoms with Gasteiger partial charge in [0.05, 0.1) is 28.6 Å². The second-order valence-corrected chi connectivity index (χ2v) is 15.7. The van der Waals surface area contributed by atoms with Crippen molar-refractivity contribution in [1.29, 1.82) is 0 Å². The molecule has 0 spiro atoms. The molecule has 9 aromatic carbocycles. The fourth-order valence-corrected chi connectivity index (χ4v) is 8.89. The first kappa shape index (κ1) is 37.6. The molecular formula is C58H41N5. The SMILES string of the molecule is C=NC(=NC(=NCc1ccccc1)c1ccccc1)c1ccc(-c2ccc3c(c2)c2ccccc2n3-c2ccc3c4ccccc4n(-c4cccc(-c5ccccc5)c4)c3c2)cc1. The first-order valence-corrected chi connectivity index (χ1v) is 21.2. The quantitative estimate of drug-likeness (QED) is 0.108. The molecule has 11 rings (SSSR count). The Morgan fingerprint density at radius 3 is 1.62 bits per heavy atom. The highest BCUT2D eigenvalue weighted by molar-refractivity contribution is 6.14. The van der Waals surface area contributed by atoms with Gasteiger partial charge in [-0.05, 0) is 83.1 Å². The van der Waals surface area contributed by atoms with Gasteiger partial charge in [-0.2, -0.15) is 0 Å². The monoisotopic (exact) mass is 807 g/mol. The number of para-hydroxylation sites is 2. The second kappa shape index (κ2) is 16.2. The molecule has 0 amide bonds. The number of nitrogens with zero attached hydrogens (tertiary/aromatic N) is 5. The highest BCUT2D eigenvalue weighted by Gasteiger charge is 2.18. The number of amidine groups is 2. The predicted octanol–water partition coefficient (Wildman–Crippen LogP) is 14.3. The van der Waals surface area contributed by atoms with Crippen LogP contribution in [0.15, 0.2) is 239 Å². The summed E-state index contributed by atoms with van der Waals surface area (Å²) in [4.78, 5) is 14.2. The number of aliphatic imine (C=N–C) groups is 3. The lowest BCUT2D eigenvalue weighted by Crippen LogP contribution is -2.05. The van der Waals surface area contributed by atoms with Crippen molar-refractivity contribution in [2.75, 3.05) is 0 Å². The molecule has 0 aliphatic rings. The maximum Gasteiger partial charge on any atom is 0.161 e. The summed E-state index contributed by atoms with van der Waals surface area (Å²) in [5.41, 5.74) is 14.4. The van der Waals surface area contributed by atoms with Gasteiger partial charge in [0.1, 0.15) is 0 Å². The molecule has 63 heavy (non-hydrogen) atoms. The Kier molecular flexibility index (Phi) is 9.68. The summed E-state index contributed by atoms with van der Waals surface area (Å²) in [6.07, 6.45) is 0. The molecule has 5 heteroatoms. The van der Waals surface area contributed by atoms with Gasteiger partial charge in [-0.25, -0.2) is 9.98 Å². The summed E-state index contributed by atoms with van der Waals surface area (Å²) < 4.78 is 4.82. The Balaban J connectivity index is 0.977. The van der Waals surface area contributed by atoms with Crippen molar-refractivity contribution in [2.45, 2.75) is 6.54 Å². The van der Waals surface area contributed by atoms with Crippen LogP contribution in [-0.4, -0.2) is 27.5 Å². The topological polar surface area (TPSA) is 46.9 Å². The van der Waals surface area contributed by atoms with Gasteiger partial charge in [-0.15, -0.1) is 0 Å². The molecule has 0 bridgehead atoms. The average molecular weight is 808 g/mol. The van der Waals surface area contributed by atoms with E-state index in [9.17, 15) is 0 Å². The maximum absolute atomic E-state index is 4.96. The molecule has 2 aromatic heterocycles. The Bertz CT molecular complexity index is 3520. The summed E-state index contributed by atoms with van der Waals surface area (Å²) in [5.74, 6) is 1.14. The van der Waals surface area contributed by atoms with Crippen molar-refractivity contribution < 1.29 is 0 Å². The van der Waals surface area contributed by atoms with E-state index in [0.717, 1.165) is 55.7 Å². The van der Waals surface area contributed by atoms with Crippen molar-refractivity contribution >= 4 is 62.0 Å². The van der Waals surface area contributed by atoms with E-state index in [1.807, 2.05) is 48.5 Å². The van der Waals surface area contributed by atoms with Crippen LogP contribution in [0.2, 0.25) is 0 Å². The predicted molar refractivity (Wildman–Crippen MR) is 265 cm³/mol. The van der Waals surface area contributed by atoms with E-state index in [1.165, 1.54) is 38.2 Å². The molecule has 5 nitrogen and oxygen atoms in total. The second-order valence-electron chi connectivity index (χ2n) is 15.7. The van der Waals surface area contributed by atoms with Crippen LogP contribution in [0, 0.1) is 0 Å². The van der Waals surface area contributed by atoms with E-state index in [4.69, 9.17) is 9.98 Å². The summed E-state index contributed by atoms with van der Waals surface area (Å²) >= 11 is 0. The molecule has 0 aliphatic heterocycles. The van der Waals surface area contributed by atoms with Gasteiger partial charge >= 0.3 is 0 Å². The van der Waals surface area contributed by atoms with Crippen LogP contribution in [-0.2, 0) is 6.54 Å². The van der Waals surface area contributed by atoms with Gasteiger partial charge in [-0.3, -0.25) is 4.99 Å². The normalized spacial score (nSPS) is 12.1. The first-order chi connectivity index (χ1) is 31.2. The molecular weight excluding hydrogens is 767 g/mol. The molecule has 0 atom stereocenters. The minimum atomic E-state index is 0.514. The zero-order chi connectivity index (χ0) is 42.1. The third-order valence-electron chi connectivity index (χ3n) is 11.9. The number of hydrogen-bond acceptors (Lipinski definition) is 1. The van der Waals surface area contributed by atoms with Crippen LogP contribution in [0.5, 0.6) is 0 Å². The highest BCUT2D eigenvalue weighted by atomic mass is 15.0. The largest absolute Gasteiger partial charge is 0.309 e. The summed E-state index contributed by atoms with van der Waals surface area (Å²) in [6, 6.07) is 79.3. The van der Waals surface area contributed by atoms with Crippen LogP contribution >= 0.6 is 0 Å². The van der Waals surface area contributed by atoms with E-state index in [0.29, 0.717) is 18.2 Å². The summed E-state index contributed by atoms with van der Waals surface area (Å²) in [7, 11) is 0. The van der Waals surface area contributed by atoms with Gasteiger partial charge < -0.3 is 9.13 Å². The lowest BCUT2D eigenvalue weighted by Gasteiger charge is -2.12. The molecule has 298 valence electrons. The van der Waals surface area contributed by atoms with Gasteiger partial charge in [0.25, 0.3) is 0 Å². The molecule has 0 aliphatic carbocycles. The number of hydrogen-bond donors (Lipinski definition) is 0. The van der Waals surface area contributed by atoms with Crippen molar-refractivity contribution in [3.63, 3.8) is 0 Å². The van der Waals surface area contributed by atoms with Crippen LogP contribution in [0.25, 0.3) is 77.2 Å². The number of benzene rings is 9. The van der Waals surface area contributed by atoms with Crippen LogP contribution < -0.4 is 0 Å². The average Bonchev–Trinajstić information content (AvgIpc) is 3.87. The Morgan fingerprint density at radius 2 is 0.889 bits per heavy atom. The third-order valence-corrected chi connectivity index (χ3v) is 11.9. The smallest absolute Gasteiger partial charge is 0.161 e. The van der Waals surface area contributed by atoms with Crippen molar-refractivity contribution in [3.8, 4) is 33.6 Å². The molecule has 2 heterocycles.